The SMILES string of the molecule is COc1cc(CN2CCCC(N)C2)ccc1C. The Labute approximate surface area is 104 Å². The topological polar surface area (TPSA) is 38.5 Å². The Bertz CT molecular complexity index is 378. The van der Waals surface area contributed by atoms with E-state index in [1.54, 1.807) is 7.11 Å². The van der Waals surface area contributed by atoms with E-state index in [4.69, 9.17) is 10.5 Å². The van der Waals surface area contributed by atoms with E-state index in [2.05, 4.69) is 30.0 Å². The van der Waals surface area contributed by atoms with E-state index >= 15 is 0 Å². The van der Waals surface area contributed by atoms with Gasteiger partial charge in [-0.15, -0.1) is 0 Å². The first-order valence-corrected chi connectivity index (χ1v) is 6.30. The lowest BCUT2D eigenvalue weighted by Crippen LogP contribution is -2.42. The minimum absolute atomic E-state index is 0.344. The highest BCUT2D eigenvalue weighted by Crippen LogP contribution is 2.21. The molecule has 3 heteroatoms. The number of likely N-dealkylation sites (tertiary alicyclic amines) is 1. The van der Waals surface area contributed by atoms with Gasteiger partial charge >= 0.3 is 0 Å². The van der Waals surface area contributed by atoms with Crippen molar-refractivity contribution in [3.8, 4) is 5.75 Å². The molecule has 1 fully saturated rings. The number of aryl methyl sites for hydroxylation is 1. The fourth-order valence-corrected chi connectivity index (χ4v) is 2.46. The average Bonchev–Trinajstić information content (AvgIpc) is 2.32. The maximum absolute atomic E-state index is 5.99. The molecule has 0 saturated carbocycles. The van der Waals surface area contributed by atoms with Crippen molar-refractivity contribution in [1.82, 2.24) is 4.90 Å². The van der Waals surface area contributed by atoms with E-state index in [-0.39, 0.29) is 0 Å². The summed E-state index contributed by atoms with van der Waals surface area (Å²) in [6.45, 7) is 5.21. The van der Waals surface area contributed by atoms with E-state index in [1.165, 1.54) is 17.5 Å². The number of hydrogen-bond acceptors (Lipinski definition) is 3. The Morgan fingerprint density at radius 3 is 3.00 bits per heavy atom. The second-order valence-electron chi connectivity index (χ2n) is 4.94. The predicted octanol–water partition coefficient (Wildman–Crippen LogP) is 1.93. The van der Waals surface area contributed by atoms with E-state index in [1.807, 2.05) is 0 Å². The van der Waals surface area contributed by atoms with Crippen LogP contribution in [0.5, 0.6) is 5.75 Å². The number of piperidine rings is 1. The number of ether oxygens (including phenoxy) is 1. The molecule has 0 amide bonds. The van der Waals surface area contributed by atoms with Crippen LogP contribution in [0.4, 0.5) is 0 Å². The molecule has 1 aliphatic heterocycles. The molecule has 0 aliphatic carbocycles. The number of hydrogen-bond donors (Lipinski definition) is 1. The van der Waals surface area contributed by atoms with Crippen molar-refractivity contribution in [2.45, 2.75) is 32.4 Å². The molecule has 0 aromatic heterocycles. The lowest BCUT2D eigenvalue weighted by Gasteiger charge is -2.30. The highest BCUT2D eigenvalue weighted by molar-refractivity contribution is 5.36. The molecule has 2 N–H and O–H groups in total. The lowest BCUT2D eigenvalue weighted by atomic mass is 10.1. The molecule has 1 aromatic carbocycles. The van der Waals surface area contributed by atoms with Crippen LogP contribution in [0, 0.1) is 6.92 Å². The van der Waals surface area contributed by atoms with Gasteiger partial charge in [0.1, 0.15) is 5.75 Å². The third kappa shape index (κ3) is 3.20. The Balaban J connectivity index is 2.02. The molecule has 0 spiro atoms. The van der Waals surface area contributed by atoms with Gasteiger partial charge < -0.3 is 10.5 Å². The van der Waals surface area contributed by atoms with Crippen molar-refractivity contribution in [3.63, 3.8) is 0 Å². The first-order chi connectivity index (χ1) is 8.19. The molecule has 94 valence electrons. The molecule has 1 heterocycles. The van der Waals surface area contributed by atoms with Gasteiger partial charge in [-0.25, -0.2) is 0 Å². The van der Waals surface area contributed by atoms with E-state index < -0.39 is 0 Å². The summed E-state index contributed by atoms with van der Waals surface area (Å²) in [7, 11) is 1.73. The third-order valence-electron chi connectivity index (χ3n) is 3.42. The van der Waals surface area contributed by atoms with Crippen molar-refractivity contribution in [2.24, 2.45) is 5.73 Å². The molecule has 0 radical (unpaired) electrons. The Hall–Kier alpha value is -1.06. The molecule has 1 aromatic rings. The van der Waals surface area contributed by atoms with Crippen molar-refractivity contribution in [1.29, 1.82) is 0 Å². The quantitative estimate of drug-likeness (QED) is 0.868. The fraction of sp³-hybridized carbons (Fsp3) is 0.571. The summed E-state index contributed by atoms with van der Waals surface area (Å²) >= 11 is 0. The Morgan fingerprint density at radius 1 is 1.47 bits per heavy atom. The smallest absolute Gasteiger partial charge is 0.122 e. The first-order valence-electron chi connectivity index (χ1n) is 6.30. The van der Waals surface area contributed by atoms with Gasteiger partial charge in [0.2, 0.25) is 0 Å². The van der Waals surface area contributed by atoms with Crippen LogP contribution < -0.4 is 10.5 Å². The Kier molecular flexibility index (Phi) is 4.02. The average molecular weight is 234 g/mol. The summed E-state index contributed by atoms with van der Waals surface area (Å²) in [5.74, 6) is 0.976. The Morgan fingerprint density at radius 2 is 2.29 bits per heavy atom. The van der Waals surface area contributed by atoms with Crippen LogP contribution in [0.25, 0.3) is 0 Å². The minimum Gasteiger partial charge on any atom is -0.496 e. The van der Waals surface area contributed by atoms with Gasteiger partial charge in [0.25, 0.3) is 0 Å². The highest BCUT2D eigenvalue weighted by atomic mass is 16.5. The van der Waals surface area contributed by atoms with Gasteiger partial charge in [-0.3, -0.25) is 4.90 Å². The lowest BCUT2D eigenvalue weighted by molar-refractivity contribution is 0.201. The van der Waals surface area contributed by atoms with Gasteiger partial charge in [-0.2, -0.15) is 0 Å². The molecule has 2 rings (SSSR count). The molecule has 17 heavy (non-hydrogen) atoms. The van der Waals surface area contributed by atoms with Crippen LogP contribution in [0.3, 0.4) is 0 Å². The van der Waals surface area contributed by atoms with Crippen LogP contribution in [-0.2, 0) is 6.54 Å². The summed E-state index contributed by atoms with van der Waals surface area (Å²) in [5.41, 5.74) is 8.49. The van der Waals surface area contributed by atoms with Crippen molar-refractivity contribution < 1.29 is 4.74 Å². The van der Waals surface area contributed by atoms with Gasteiger partial charge in [0.15, 0.2) is 0 Å². The molecular formula is C14H22N2O. The monoisotopic (exact) mass is 234 g/mol. The summed E-state index contributed by atoms with van der Waals surface area (Å²) in [5, 5.41) is 0. The summed E-state index contributed by atoms with van der Waals surface area (Å²) in [6, 6.07) is 6.78. The van der Waals surface area contributed by atoms with Crippen LogP contribution in [-0.4, -0.2) is 31.1 Å². The van der Waals surface area contributed by atoms with Gasteiger partial charge in [0.05, 0.1) is 7.11 Å². The zero-order chi connectivity index (χ0) is 12.3. The summed E-state index contributed by atoms with van der Waals surface area (Å²) < 4.78 is 5.35. The van der Waals surface area contributed by atoms with Gasteiger partial charge in [-0.05, 0) is 43.5 Å². The summed E-state index contributed by atoms with van der Waals surface area (Å²) in [4.78, 5) is 2.43. The van der Waals surface area contributed by atoms with Crippen LogP contribution in [0.2, 0.25) is 0 Å². The van der Waals surface area contributed by atoms with E-state index in [0.29, 0.717) is 6.04 Å². The third-order valence-corrected chi connectivity index (χ3v) is 3.42. The number of benzene rings is 1. The zero-order valence-corrected chi connectivity index (χ0v) is 10.8. The van der Waals surface area contributed by atoms with Gasteiger partial charge in [0, 0.05) is 19.1 Å². The molecule has 1 saturated heterocycles. The molecule has 0 bridgehead atoms. The highest BCUT2D eigenvalue weighted by Gasteiger charge is 2.16. The second kappa shape index (κ2) is 5.52. The number of methoxy groups -OCH3 is 1. The molecule has 3 nitrogen and oxygen atoms in total. The fourth-order valence-electron chi connectivity index (χ4n) is 2.46. The number of rotatable bonds is 3. The first kappa shape index (κ1) is 12.4. The molecule has 1 atom stereocenters. The predicted molar refractivity (Wildman–Crippen MR) is 70.2 cm³/mol. The number of nitrogens with zero attached hydrogens (tertiary/aromatic N) is 1. The standard InChI is InChI=1S/C14H22N2O/c1-11-5-6-12(8-14(11)17-2)9-16-7-3-4-13(15)10-16/h5-6,8,13H,3-4,7,9-10,15H2,1-2H3. The van der Waals surface area contributed by atoms with E-state index in [0.717, 1.165) is 31.8 Å². The molecule has 1 aliphatic rings. The molecular weight excluding hydrogens is 212 g/mol. The van der Waals surface area contributed by atoms with Crippen LogP contribution in [0.15, 0.2) is 18.2 Å². The van der Waals surface area contributed by atoms with Gasteiger partial charge in [-0.1, -0.05) is 12.1 Å². The molecule has 1 unspecified atom stereocenters. The van der Waals surface area contributed by atoms with E-state index in [9.17, 15) is 0 Å². The zero-order valence-electron chi connectivity index (χ0n) is 10.8. The number of nitrogens with two attached hydrogens (primary N) is 1. The maximum atomic E-state index is 5.99. The van der Waals surface area contributed by atoms with Crippen molar-refractivity contribution in [3.05, 3.63) is 29.3 Å². The minimum atomic E-state index is 0.344. The second-order valence-corrected chi connectivity index (χ2v) is 4.94. The van der Waals surface area contributed by atoms with Crippen molar-refractivity contribution >= 4 is 0 Å². The van der Waals surface area contributed by atoms with Crippen LogP contribution >= 0.6 is 0 Å². The summed E-state index contributed by atoms with van der Waals surface area (Å²) in [6.07, 6.45) is 2.37. The van der Waals surface area contributed by atoms with Crippen LogP contribution in [0.1, 0.15) is 24.0 Å². The normalized spacial score (nSPS) is 21.5. The van der Waals surface area contributed by atoms with Crippen molar-refractivity contribution in [2.75, 3.05) is 20.2 Å². The maximum Gasteiger partial charge on any atom is 0.122 e. The largest absolute Gasteiger partial charge is 0.496 e.